The van der Waals surface area contributed by atoms with Crippen LogP contribution in [0.2, 0.25) is 0 Å². The molecule has 0 aliphatic heterocycles. The molecule has 18 heavy (non-hydrogen) atoms. The molecule has 5 heteroatoms. The van der Waals surface area contributed by atoms with E-state index in [2.05, 4.69) is 20.7 Å². The third-order valence-corrected chi connectivity index (χ3v) is 2.29. The lowest BCUT2D eigenvalue weighted by atomic mass is 10.0. The van der Waals surface area contributed by atoms with Gasteiger partial charge in [-0.25, -0.2) is 8.78 Å². The minimum absolute atomic E-state index is 0.226. The van der Waals surface area contributed by atoms with Crippen LogP contribution in [0.5, 0.6) is 0 Å². The number of carbonyl (C=O) groups is 1. The molecule has 2 nitrogen and oxygen atoms in total. The fourth-order valence-electron chi connectivity index (χ4n) is 1.20. The molecule has 0 heterocycles. The van der Waals surface area contributed by atoms with Gasteiger partial charge in [-0.2, -0.15) is 0 Å². The van der Waals surface area contributed by atoms with Gasteiger partial charge in [0.25, 0.3) is 0 Å². The van der Waals surface area contributed by atoms with E-state index in [1.165, 1.54) is 40.0 Å². The zero-order valence-electron chi connectivity index (χ0n) is 10.9. The van der Waals surface area contributed by atoms with Crippen LogP contribution in [-0.2, 0) is 16.0 Å². The highest BCUT2D eigenvalue weighted by Crippen LogP contribution is 2.21. The van der Waals surface area contributed by atoms with Crippen molar-refractivity contribution in [1.29, 1.82) is 0 Å². The highest BCUT2D eigenvalue weighted by atomic mass is 79.9. The average molecular weight is 323 g/mol. The molecule has 0 atom stereocenters. The SMILES string of the molecule is CC(C)(F)Cc1cc(F)cc(Br)c1.COC(C)=O. The lowest BCUT2D eigenvalue weighted by Gasteiger charge is -2.13. The third-order valence-electron chi connectivity index (χ3n) is 1.83. The predicted molar refractivity (Wildman–Crippen MR) is 70.7 cm³/mol. The molecule has 0 unspecified atom stereocenters. The monoisotopic (exact) mass is 322 g/mol. The van der Waals surface area contributed by atoms with Crippen LogP contribution in [0.25, 0.3) is 0 Å². The highest BCUT2D eigenvalue weighted by molar-refractivity contribution is 9.10. The van der Waals surface area contributed by atoms with Crippen molar-refractivity contribution in [3.05, 3.63) is 34.1 Å². The number of alkyl halides is 1. The molecule has 0 aliphatic rings. The van der Waals surface area contributed by atoms with Crippen molar-refractivity contribution in [2.45, 2.75) is 32.9 Å². The van der Waals surface area contributed by atoms with Crippen LogP contribution in [0.15, 0.2) is 22.7 Å². The normalized spacial score (nSPS) is 10.4. The molecule has 0 spiro atoms. The van der Waals surface area contributed by atoms with Crippen LogP contribution < -0.4 is 0 Å². The van der Waals surface area contributed by atoms with E-state index in [0.29, 0.717) is 10.0 Å². The van der Waals surface area contributed by atoms with E-state index in [4.69, 9.17) is 0 Å². The van der Waals surface area contributed by atoms with Crippen LogP contribution in [0.1, 0.15) is 26.3 Å². The van der Waals surface area contributed by atoms with Crippen LogP contribution in [-0.4, -0.2) is 18.7 Å². The molecule has 0 saturated carbocycles. The quantitative estimate of drug-likeness (QED) is 0.767. The molecule has 0 bridgehead atoms. The molecule has 0 aromatic heterocycles. The van der Waals surface area contributed by atoms with Gasteiger partial charge in [0.05, 0.1) is 7.11 Å². The highest BCUT2D eigenvalue weighted by Gasteiger charge is 2.16. The van der Waals surface area contributed by atoms with Crippen LogP contribution >= 0.6 is 15.9 Å². The number of halogens is 3. The second kappa shape index (κ2) is 7.46. The van der Waals surface area contributed by atoms with Gasteiger partial charge in [-0.1, -0.05) is 15.9 Å². The smallest absolute Gasteiger partial charge is 0.302 e. The van der Waals surface area contributed by atoms with E-state index >= 15 is 0 Å². The zero-order chi connectivity index (χ0) is 14.3. The molecule has 1 aromatic rings. The summed E-state index contributed by atoms with van der Waals surface area (Å²) in [7, 11) is 1.35. The first-order valence-corrected chi connectivity index (χ1v) is 6.12. The van der Waals surface area contributed by atoms with Crippen LogP contribution in [0, 0.1) is 5.82 Å². The van der Waals surface area contributed by atoms with Gasteiger partial charge in [-0.3, -0.25) is 4.79 Å². The van der Waals surface area contributed by atoms with Crippen molar-refractivity contribution in [2.24, 2.45) is 0 Å². The maximum atomic E-state index is 13.2. The molecule has 0 radical (unpaired) electrons. The first kappa shape index (κ1) is 17.0. The standard InChI is InChI=1S/C10H11BrF2.C3H6O2/c1-10(2,13)6-7-3-8(11)5-9(12)4-7;1-3(4)5-2/h3-5H,6H2,1-2H3;1-2H3. The number of esters is 1. The third kappa shape index (κ3) is 9.10. The van der Waals surface area contributed by atoms with Gasteiger partial charge in [0.2, 0.25) is 0 Å². The lowest BCUT2D eigenvalue weighted by Crippen LogP contribution is -2.15. The van der Waals surface area contributed by atoms with E-state index in [-0.39, 0.29) is 18.2 Å². The zero-order valence-corrected chi connectivity index (χ0v) is 12.5. The molecule has 0 N–H and O–H groups in total. The second-order valence-corrected chi connectivity index (χ2v) is 5.28. The van der Waals surface area contributed by atoms with Crippen LogP contribution in [0.3, 0.4) is 0 Å². The summed E-state index contributed by atoms with van der Waals surface area (Å²) >= 11 is 3.16. The van der Waals surface area contributed by atoms with Crippen molar-refractivity contribution in [2.75, 3.05) is 7.11 Å². The summed E-state index contributed by atoms with van der Waals surface area (Å²) in [5.41, 5.74) is -0.632. The Kier molecular flexibility index (Phi) is 7.06. The summed E-state index contributed by atoms with van der Waals surface area (Å²) in [5, 5.41) is 0. The van der Waals surface area contributed by atoms with Crippen molar-refractivity contribution >= 4 is 21.9 Å². The molecule has 0 saturated heterocycles. The number of benzene rings is 1. The number of carbonyl (C=O) groups excluding carboxylic acids is 1. The predicted octanol–water partition coefficient (Wildman–Crippen LogP) is 4.06. The van der Waals surface area contributed by atoms with Crippen molar-refractivity contribution < 1.29 is 18.3 Å². The van der Waals surface area contributed by atoms with E-state index in [1.54, 1.807) is 6.07 Å². The first-order chi connectivity index (χ1) is 8.14. The van der Waals surface area contributed by atoms with Gasteiger partial charge in [0.15, 0.2) is 0 Å². The second-order valence-electron chi connectivity index (χ2n) is 4.37. The number of rotatable bonds is 2. The van der Waals surface area contributed by atoms with Gasteiger partial charge in [0, 0.05) is 17.8 Å². The first-order valence-electron chi connectivity index (χ1n) is 5.32. The fourth-order valence-corrected chi connectivity index (χ4v) is 1.71. The fraction of sp³-hybridized carbons (Fsp3) is 0.462. The summed E-state index contributed by atoms with van der Waals surface area (Å²) in [5.74, 6) is -0.585. The number of ether oxygens (including phenoxy) is 1. The van der Waals surface area contributed by atoms with Gasteiger partial charge in [0.1, 0.15) is 11.5 Å². The molecule has 1 aromatic carbocycles. The van der Waals surface area contributed by atoms with E-state index < -0.39 is 5.67 Å². The Bertz CT molecular complexity index is 380. The van der Waals surface area contributed by atoms with Gasteiger partial charge in [-0.15, -0.1) is 0 Å². The molecule has 0 fully saturated rings. The molecule has 1 rings (SSSR count). The van der Waals surface area contributed by atoms with Crippen molar-refractivity contribution in [3.8, 4) is 0 Å². The minimum atomic E-state index is -1.30. The Balaban J connectivity index is 0.000000494. The number of hydrogen-bond donors (Lipinski definition) is 0. The largest absolute Gasteiger partial charge is 0.469 e. The Morgan fingerprint density at radius 1 is 1.39 bits per heavy atom. The van der Waals surface area contributed by atoms with Gasteiger partial charge >= 0.3 is 5.97 Å². The van der Waals surface area contributed by atoms with Gasteiger partial charge in [-0.05, 0) is 37.6 Å². The molecular weight excluding hydrogens is 306 g/mol. The maximum absolute atomic E-state index is 13.2. The summed E-state index contributed by atoms with van der Waals surface area (Å²) in [6.45, 7) is 4.32. The lowest BCUT2D eigenvalue weighted by molar-refractivity contribution is -0.137. The maximum Gasteiger partial charge on any atom is 0.302 e. The topological polar surface area (TPSA) is 26.3 Å². The van der Waals surface area contributed by atoms with E-state index in [9.17, 15) is 13.6 Å². The molecular formula is C13H17BrF2O2. The Morgan fingerprint density at radius 3 is 2.22 bits per heavy atom. The Hall–Kier alpha value is -0.970. The Morgan fingerprint density at radius 2 is 1.89 bits per heavy atom. The van der Waals surface area contributed by atoms with Crippen molar-refractivity contribution in [1.82, 2.24) is 0 Å². The molecule has 0 amide bonds. The Labute approximate surface area is 114 Å². The van der Waals surface area contributed by atoms with E-state index in [1.807, 2.05) is 0 Å². The van der Waals surface area contributed by atoms with Crippen molar-refractivity contribution in [3.63, 3.8) is 0 Å². The molecule has 102 valence electrons. The number of hydrogen-bond acceptors (Lipinski definition) is 2. The average Bonchev–Trinajstić information content (AvgIpc) is 2.13. The summed E-state index contributed by atoms with van der Waals surface area (Å²) in [6.07, 6.45) is 0.226. The summed E-state index contributed by atoms with van der Waals surface area (Å²) in [4.78, 5) is 9.59. The molecule has 0 aliphatic carbocycles. The summed E-state index contributed by atoms with van der Waals surface area (Å²) < 4.78 is 30.8. The minimum Gasteiger partial charge on any atom is -0.469 e. The van der Waals surface area contributed by atoms with E-state index in [0.717, 1.165) is 0 Å². The number of methoxy groups -OCH3 is 1. The summed E-state index contributed by atoms with van der Waals surface area (Å²) in [6, 6.07) is 4.44. The van der Waals surface area contributed by atoms with Crippen LogP contribution in [0.4, 0.5) is 8.78 Å². The van der Waals surface area contributed by atoms with Gasteiger partial charge < -0.3 is 4.74 Å².